The van der Waals surface area contributed by atoms with E-state index in [4.69, 9.17) is 5.73 Å². The highest BCUT2D eigenvalue weighted by atomic mass is 16.2. The standard InChI is InChI=1S/C7H6N4O/c8-7(12)11-9-5-3-1-2-4-6(5)10-11/h1-4H,(H2,8,12). The maximum Gasteiger partial charge on any atom is 0.356 e. The molecule has 0 atom stereocenters. The lowest BCUT2D eigenvalue weighted by Gasteiger charge is -1.85. The first-order valence-corrected chi connectivity index (χ1v) is 3.39. The third-order valence-corrected chi connectivity index (χ3v) is 1.48. The van der Waals surface area contributed by atoms with Crippen LogP contribution in [-0.2, 0) is 0 Å². The summed E-state index contributed by atoms with van der Waals surface area (Å²) in [5.41, 5.74) is 6.30. The largest absolute Gasteiger partial charge is 0.356 e. The van der Waals surface area contributed by atoms with Gasteiger partial charge in [0.1, 0.15) is 11.0 Å². The van der Waals surface area contributed by atoms with Crippen molar-refractivity contribution >= 4 is 17.1 Å². The highest BCUT2D eigenvalue weighted by Gasteiger charge is 2.03. The maximum absolute atomic E-state index is 10.6. The van der Waals surface area contributed by atoms with Crippen LogP contribution >= 0.6 is 0 Å². The molecule has 5 heteroatoms. The van der Waals surface area contributed by atoms with Crippen LogP contribution in [0.15, 0.2) is 24.3 Å². The second-order valence-electron chi connectivity index (χ2n) is 2.32. The minimum Gasteiger partial charge on any atom is -0.348 e. The van der Waals surface area contributed by atoms with E-state index in [0.29, 0.717) is 11.0 Å². The molecule has 0 spiro atoms. The topological polar surface area (TPSA) is 73.8 Å². The Balaban J connectivity index is 2.70. The molecule has 0 aliphatic carbocycles. The zero-order chi connectivity index (χ0) is 8.55. The second kappa shape index (κ2) is 2.30. The van der Waals surface area contributed by atoms with Gasteiger partial charge >= 0.3 is 6.03 Å². The van der Waals surface area contributed by atoms with Crippen molar-refractivity contribution in [3.63, 3.8) is 0 Å². The molecule has 0 unspecified atom stereocenters. The number of primary amides is 1. The number of rotatable bonds is 0. The molecule has 2 aromatic rings. The summed E-state index contributed by atoms with van der Waals surface area (Å²) in [5, 5.41) is 7.69. The third-order valence-electron chi connectivity index (χ3n) is 1.48. The summed E-state index contributed by atoms with van der Waals surface area (Å²) in [5.74, 6) is 0. The summed E-state index contributed by atoms with van der Waals surface area (Å²) >= 11 is 0. The van der Waals surface area contributed by atoms with Gasteiger partial charge in [0.2, 0.25) is 0 Å². The fourth-order valence-corrected chi connectivity index (χ4v) is 0.958. The van der Waals surface area contributed by atoms with Gasteiger partial charge in [-0.1, -0.05) is 16.9 Å². The van der Waals surface area contributed by atoms with Crippen LogP contribution in [0.5, 0.6) is 0 Å². The molecule has 1 aromatic heterocycles. The molecular weight excluding hydrogens is 156 g/mol. The van der Waals surface area contributed by atoms with E-state index < -0.39 is 6.03 Å². The van der Waals surface area contributed by atoms with Crippen molar-refractivity contribution in [3.8, 4) is 0 Å². The molecule has 0 aliphatic heterocycles. The summed E-state index contributed by atoms with van der Waals surface area (Å²) in [4.78, 5) is 11.5. The number of hydrogen-bond acceptors (Lipinski definition) is 3. The molecule has 2 N–H and O–H groups in total. The number of fused-ring (bicyclic) bond motifs is 1. The molecule has 0 bridgehead atoms. The van der Waals surface area contributed by atoms with Crippen LogP contribution in [-0.4, -0.2) is 21.0 Å². The van der Waals surface area contributed by atoms with Crippen LogP contribution in [0.4, 0.5) is 4.79 Å². The predicted molar refractivity (Wildman–Crippen MR) is 42.5 cm³/mol. The van der Waals surface area contributed by atoms with E-state index in [1.54, 1.807) is 12.1 Å². The Morgan fingerprint density at radius 1 is 1.25 bits per heavy atom. The first kappa shape index (κ1) is 6.78. The van der Waals surface area contributed by atoms with E-state index in [1.807, 2.05) is 12.1 Å². The van der Waals surface area contributed by atoms with Crippen LogP contribution in [0.1, 0.15) is 0 Å². The molecule has 12 heavy (non-hydrogen) atoms. The van der Waals surface area contributed by atoms with Crippen LogP contribution in [0.3, 0.4) is 0 Å². The number of amides is 1. The van der Waals surface area contributed by atoms with Gasteiger partial charge < -0.3 is 5.73 Å². The monoisotopic (exact) mass is 162 g/mol. The van der Waals surface area contributed by atoms with Crippen molar-refractivity contribution in [1.82, 2.24) is 15.0 Å². The minimum atomic E-state index is -0.675. The van der Waals surface area contributed by atoms with Crippen LogP contribution in [0.25, 0.3) is 11.0 Å². The summed E-state index contributed by atoms with van der Waals surface area (Å²) in [7, 11) is 0. The number of carbonyl (C=O) groups excluding carboxylic acids is 1. The summed E-state index contributed by atoms with van der Waals surface area (Å²) in [6.07, 6.45) is 0. The van der Waals surface area contributed by atoms with Crippen molar-refractivity contribution in [1.29, 1.82) is 0 Å². The van der Waals surface area contributed by atoms with E-state index in [1.165, 1.54) is 0 Å². The predicted octanol–water partition coefficient (Wildman–Crippen LogP) is 0.358. The van der Waals surface area contributed by atoms with E-state index in [2.05, 4.69) is 10.2 Å². The van der Waals surface area contributed by atoms with Gasteiger partial charge in [-0.3, -0.25) is 0 Å². The average Bonchev–Trinajstić information content (AvgIpc) is 2.46. The molecule has 1 heterocycles. The molecule has 5 nitrogen and oxygen atoms in total. The molecule has 0 radical (unpaired) electrons. The van der Waals surface area contributed by atoms with Crippen molar-refractivity contribution in [2.75, 3.05) is 0 Å². The zero-order valence-corrected chi connectivity index (χ0v) is 6.14. The fourth-order valence-electron chi connectivity index (χ4n) is 0.958. The van der Waals surface area contributed by atoms with E-state index >= 15 is 0 Å². The maximum atomic E-state index is 10.6. The van der Waals surface area contributed by atoms with Gasteiger partial charge in [-0.2, -0.15) is 0 Å². The van der Waals surface area contributed by atoms with Gasteiger partial charge in [-0.25, -0.2) is 4.79 Å². The lowest BCUT2D eigenvalue weighted by atomic mass is 10.3. The molecule has 0 fully saturated rings. The molecule has 60 valence electrons. The Bertz CT molecular complexity index is 401. The van der Waals surface area contributed by atoms with Crippen molar-refractivity contribution < 1.29 is 4.79 Å². The van der Waals surface area contributed by atoms with E-state index in [0.717, 1.165) is 4.80 Å². The Morgan fingerprint density at radius 2 is 1.75 bits per heavy atom. The van der Waals surface area contributed by atoms with Crippen molar-refractivity contribution in [2.45, 2.75) is 0 Å². The van der Waals surface area contributed by atoms with Gasteiger partial charge in [-0.05, 0) is 12.1 Å². The first-order chi connectivity index (χ1) is 5.77. The number of nitrogens with zero attached hydrogens (tertiary/aromatic N) is 3. The number of carbonyl (C=O) groups is 1. The van der Waals surface area contributed by atoms with Crippen molar-refractivity contribution in [2.24, 2.45) is 5.73 Å². The summed E-state index contributed by atoms with van der Waals surface area (Å²) < 4.78 is 0. The minimum absolute atomic E-state index is 0.663. The van der Waals surface area contributed by atoms with Crippen molar-refractivity contribution in [3.05, 3.63) is 24.3 Å². The number of benzene rings is 1. The summed E-state index contributed by atoms with van der Waals surface area (Å²) in [6, 6.07) is 6.50. The molecule has 2 rings (SSSR count). The molecule has 1 aromatic carbocycles. The normalized spacial score (nSPS) is 10.3. The van der Waals surface area contributed by atoms with Gasteiger partial charge in [0, 0.05) is 0 Å². The average molecular weight is 162 g/mol. The van der Waals surface area contributed by atoms with Crippen LogP contribution in [0, 0.1) is 0 Å². The Hall–Kier alpha value is -1.91. The summed E-state index contributed by atoms with van der Waals surface area (Å²) in [6.45, 7) is 0. The van der Waals surface area contributed by atoms with Gasteiger partial charge in [0.15, 0.2) is 0 Å². The van der Waals surface area contributed by atoms with Gasteiger partial charge in [0.05, 0.1) is 0 Å². The lowest BCUT2D eigenvalue weighted by molar-refractivity contribution is 0.244. The first-order valence-electron chi connectivity index (χ1n) is 3.39. The van der Waals surface area contributed by atoms with E-state index in [9.17, 15) is 4.79 Å². The molecular formula is C7H6N4O. The quantitative estimate of drug-likeness (QED) is 0.607. The van der Waals surface area contributed by atoms with Gasteiger partial charge in [0.25, 0.3) is 0 Å². The zero-order valence-electron chi connectivity index (χ0n) is 6.14. The van der Waals surface area contributed by atoms with Crippen LogP contribution < -0.4 is 5.73 Å². The fraction of sp³-hybridized carbons (Fsp3) is 0. The number of hydrogen-bond donors (Lipinski definition) is 1. The van der Waals surface area contributed by atoms with Gasteiger partial charge in [-0.15, -0.1) is 10.2 Å². The Morgan fingerprint density at radius 3 is 2.17 bits per heavy atom. The Labute approximate surface area is 67.8 Å². The molecule has 0 saturated carbocycles. The highest BCUT2D eigenvalue weighted by molar-refractivity contribution is 5.79. The SMILES string of the molecule is NC(=O)n1nc2ccccc2n1. The Kier molecular flexibility index (Phi) is 1.30. The number of nitrogens with two attached hydrogens (primary N) is 1. The second-order valence-corrected chi connectivity index (χ2v) is 2.32. The third kappa shape index (κ3) is 0.914. The molecule has 0 aliphatic rings. The smallest absolute Gasteiger partial charge is 0.348 e. The highest BCUT2D eigenvalue weighted by Crippen LogP contribution is 2.05. The van der Waals surface area contributed by atoms with Crippen LogP contribution in [0.2, 0.25) is 0 Å². The molecule has 0 saturated heterocycles. The molecule has 1 amide bonds. The number of aromatic nitrogens is 3. The lowest BCUT2D eigenvalue weighted by Crippen LogP contribution is -2.21. The van der Waals surface area contributed by atoms with E-state index in [-0.39, 0.29) is 0 Å².